The van der Waals surface area contributed by atoms with Crippen molar-refractivity contribution in [3.05, 3.63) is 0 Å². The van der Waals surface area contributed by atoms with E-state index in [0.29, 0.717) is 0 Å². The predicted octanol–water partition coefficient (Wildman–Crippen LogP) is 0.404. The normalized spacial score (nSPS) is 10.2. The first kappa shape index (κ1) is 10.3. The lowest BCUT2D eigenvalue weighted by atomic mass is 10.6. The summed E-state index contributed by atoms with van der Waals surface area (Å²) in [6.45, 7) is 1.32. The highest BCUT2D eigenvalue weighted by Crippen LogP contribution is 1.86. The molecule has 0 saturated heterocycles. The zero-order valence-corrected chi connectivity index (χ0v) is 6.27. The number of hydrogen-bond acceptors (Lipinski definition) is 3. The van der Waals surface area contributed by atoms with E-state index < -0.39 is 12.4 Å². The second-order valence-corrected chi connectivity index (χ2v) is 1.94. The fraction of sp³-hybridized carbons (Fsp3) is 0.833. The molecule has 0 amide bonds. The number of carbonyl (C=O) groups is 1. The van der Waals surface area contributed by atoms with Crippen molar-refractivity contribution in [1.29, 1.82) is 0 Å². The molecule has 0 bridgehead atoms. The molecular formula is C6H11F2NO2. The Hall–Kier alpha value is -0.710. The molecule has 1 N–H and O–H groups in total. The maximum atomic E-state index is 11.5. The van der Waals surface area contributed by atoms with E-state index in [9.17, 15) is 13.6 Å². The Morgan fingerprint density at radius 3 is 2.73 bits per heavy atom. The molecular weight excluding hydrogens is 156 g/mol. The summed E-state index contributed by atoms with van der Waals surface area (Å²) in [7, 11) is 0. The van der Waals surface area contributed by atoms with Gasteiger partial charge in [0.2, 0.25) is 0 Å². The average Bonchev–Trinajstić information content (AvgIpc) is 1.85. The first-order chi connectivity index (χ1) is 5.13. The van der Waals surface area contributed by atoms with Crippen LogP contribution in [0, 0.1) is 0 Å². The van der Waals surface area contributed by atoms with E-state index in [-0.39, 0.29) is 19.7 Å². The fourth-order valence-corrected chi connectivity index (χ4v) is 0.478. The highest BCUT2D eigenvalue weighted by molar-refractivity contribution is 5.65. The summed E-state index contributed by atoms with van der Waals surface area (Å²) in [5, 5.41) is 2.41. The van der Waals surface area contributed by atoms with Gasteiger partial charge in [0.1, 0.15) is 6.61 Å². The highest BCUT2D eigenvalue weighted by atomic mass is 19.3. The molecule has 0 spiro atoms. The third-order valence-electron chi connectivity index (χ3n) is 0.883. The van der Waals surface area contributed by atoms with Gasteiger partial charge in [0, 0.05) is 13.5 Å². The second-order valence-electron chi connectivity index (χ2n) is 1.94. The molecule has 0 radical (unpaired) electrons. The smallest absolute Gasteiger partial charge is 0.302 e. The molecule has 0 aromatic carbocycles. The summed E-state index contributed by atoms with van der Waals surface area (Å²) in [4.78, 5) is 10.1. The fourth-order valence-electron chi connectivity index (χ4n) is 0.478. The van der Waals surface area contributed by atoms with E-state index in [0.717, 1.165) is 0 Å². The lowest BCUT2D eigenvalue weighted by Gasteiger charge is -2.03. The predicted molar refractivity (Wildman–Crippen MR) is 35.5 cm³/mol. The Bertz CT molecular complexity index is 119. The van der Waals surface area contributed by atoms with Crippen molar-refractivity contribution in [3.63, 3.8) is 0 Å². The zero-order valence-electron chi connectivity index (χ0n) is 6.27. The van der Waals surface area contributed by atoms with E-state index >= 15 is 0 Å². The number of esters is 1. The molecule has 66 valence electrons. The lowest BCUT2D eigenvalue weighted by Crippen LogP contribution is -2.25. The maximum Gasteiger partial charge on any atom is 0.302 e. The lowest BCUT2D eigenvalue weighted by molar-refractivity contribution is -0.140. The molecule has 0 aliphatic carbocycles. The first-order valence-electron chi connectivity index (χ1n) is 3.25. The molecule has 0 aromatic heterocycles. The van der Waals surface area contributed by atoms with Gasteiger partial charge in [-0.05, 0) is 0 Å². The van der Waals surface area contributed by atoms with Crippen LogP contribution in [0.25, 0.3) is 0 Å². The monoisotopic (exact) mass is 167 g/mol. The minimum Gasteiger partial charge on any atom is -0.465 e. The van der Waals surface area contributed by atoms with Gasteiger partial charge in [0.05, 0.1) is 6.54 Å². The molecule has 0 aliphatic rings. The number of ether oxygens (including phenoxy) is 1. The van der Waals surface area contributed by atoms with Gasteiger partial charge in [-0.2, -0.15) is 0 Å². The molecule has 3 nitrogen and oxygen atoms in total. The maximum absolute atomic E-state index is 11.5. The Morgan fingerprint density at radius 2 is 2.27 bits per heavy atom. The summed E-state index contributed by atoms with van der Waals surface area (Å²) in [6.07, 6.45) is -2.35. The number of nitrogens with one attached hydrogen (secondary N) is 1. The standard InChI is InChI=1S/C6H11F2NO2/c1-5(10)11-3-2-9-4-6(7)8/h6,9H,2-4H2,1H3. The second kappa shape index (κ2) is 6.03. The third kappa shape index (κ3) is 9.29. The summed E-state index contributed by atoms with van der Waals surface area (Å²) in [6, 6.07) is 0. The molecule has 0 rings (SSSR count). The molecule has 0 aromatic rings. The summed E-state index contributed by atoms with van der Waals surface area (Å²) >= 11 is 0. The number of rotatable bonds is 5. The van der Waals surface area contributed by atoms with Gasteiger partial charge in [-0.15, -0.1) is 0 Å². The van der Waals surface area contributed by atoms with Crippen molar-refractivity contribution < 1.29 is 18.3 Å². The Kier molecular flexibility index (Phi) is 5.64. The SMILES string of the molecule is CC(=O)OCCNCC(F)F. The van der Waals surface area contributed by atoms with Crippen LogP contribution in [0.15, 0.2) is 0 Å². The topological polar surface area (TPSA) is 38.3 Å². The van der Waals surface area contributed by atoms with Crippen LogP contribution in [0.4, 0.5) is 8.78 Å². The molecule has 0 atom stereocenters. The van der Waals surface area contributed by atoms with Gasteiger partial charge < -0.3 is 10.1 Å². The molecule has 0 saturated carbocycles. The number of carbonyl (C=O) groups excluding carboxylic acids is 1. The quantitative estimate of drug-likeness (QED) is 0.476. The van der Waals surface area contributed by atoms with Crippen molar-refractivity contribution in [3.8, 4) is 0 Å². The summed E-state index contributed by atoms with van der Waals surface area (Å²) < 4.78 is 27.4. The van der Waals surface area contributed by atoms with Crippen LogP contribution in [0.3, 0.4) is 0 Å². The van der Waals surface area contributed by atoms with Crippen molar-refractivity contribution >= 4 is 5.97 Å². The van der Waals surface area contributed by atoms with E-state index in [1.165, 1.54) is 6.92 Å². The van der Waals surface area contributed by atoms with E-state index in [4.69, 9.17) is 0 Å². The van der Waals surface area contributed by atoms with E-state index in [1.807, 2.05) is 0 Å². The highest BCUT2D eigenvalue weighted by Gasteiger charge is 1.99. The van der Waals surface area contributed by atoms with E-state index in [1.54, 1.807) is 0 Å². The van der Waals surface area contributed by atoms with Gasteiger partial charge in [0.15, 0.2) is 0 Å². The first-order valence-corrected chi connectivity index (χ1v) is 3.25. The molecule has 0 unspecified atom stereocenters. The zero-order chi connectivity index (χ0) is 8.69. The minimum atomic E-state index is -2.35. The number of halogens is 2. The van der Waals surface area contributed by atoms with Gasteiger partial charge in [-0.3, -0.25) is 4.79 Å². The van der Waals surface area contributed by atoms with E-state index in [2.05, 4.69) is 10.1 Å². The largest absolute Gasteiger partial charge is 0.465 e. The van der Waals surface area contributed by atoms with Crippen molar-refractivity contribution in [1.82, 2.24) is 5.32 Å². The van der Waals surface area contributed by atoms with Crippen molar-refractivity contribution in [2.45, 2.75) is 13.3 Å². The van der Waals surface area contributed by atoms with Crippen LogP contribution in [0.2, 0.25) is 0 Å². The number of alkyl halides is 2. The molecule has 11 heavy (non-hydrogen) atoms. The van der Waals surface area contributed by atoms with Crippen LogP contribution in [-0.4, -0.2) is 32.1 Å². The molecule has 0 heterocycles. The van der Waals surface area contributed by atoms with Crippen molar-refractivity contribution in [2.75, 3.05) is 19.7 Å². The summed E-state index contributed by atoms with van der Waals surface area (Å²) in [5.41, 5.74) is 0. The van der Waals surface area contributed by atoms with Crippen LogP contribution in [-0.2, 0) is 9.53 Å². The Morgan fingerprint density at radius 1 is 1.64 bits per heavy atom. The van der Waals surface area contributed by atoms with Gasteiger partial charge in [-0.25, -0.2) is 8.78 Å². The molecule has 0 fully saturated rings. The van der Waals surface area contributed by atoms with Crippen molar-refractivity contribution in [2.24, 2.45) is 0 Å². The molecule has 0 aliphatic heterocycles. The molecule has 5 heteroatoms. The third-order valence-corrected chi connectivity index (χ3v) is 0.883. The average molecular weight is 167 g/mol. The Balaban J connectivity index is 2.97. The minimum absolute atomic E-state index is 0.141. The van der Waals surface area contributed by atoms with Crippen LogP contribution in [0.1, 0.15) is 6.92 Å². The van der Waals surface area contributed by atoms with Crippen LogP contribution < -0.4 is 5.32 Å². The number of hydrogen-bond donors (Lipinski definition) is 1. The van der Waals surface area contributed by atoms with Gasteiger partial charge in [0.25, 0.3) is 6.43 Å². The summed E-state index contributed by atoms with van der Waals surface area (Å²) in [5.74, 6) is -0.399. The van der Waals surface area contributed by atoms with Crippen LogP contribution >= 0.6 is 0 Å². The van der Waals surface area contributed by atoms with Crippen LogP contribution in [0.5, 0.6) is 0 Å². The van der Waals surface area contributed by atoms with Gasteiger partial charge in [-0.1, -0.05) is 0 Å². The van der Waals surface area contributed by atoms with Gasteiger partial charge >= 0.3 is 5.97 Å². The Labute approximate surface area is 63.7 Å².